The van der Waals surface area contributed by atoms with Crippen LogP contribution in [0.25, 0.3) is 0 Å². The number of carbonyl (C=O) groups is 1. The van der Waals surface area contributed by atoms with E-state index in [4.69, 9.17) is 4.74 Å². The van der Waals surface area contributed by atoms with Gasteiger partial charge in [0.1, 0.15) is 5.75 Å². The summed E-state index contributed by atoms with van der Waals surface area (Å²) in [4.78, 5) is 12.9. The van der Waals surface area contributed by atoms with E-state index >= 15 is 0 Å². The molecule has 0 saturated carbocycles. The molecule has 1 amide bonds. The predicted octanol–water partition coefficient (Wildman–Crippen LogP) is 3.90. The van der Waals surface area contributed by atoms with E-state index in [-0.39, 0.29) is 16.9 Å². The Morgan fingerprint density at radius 1 is 1.00 bits per heavy atom. The predicted molar refractivity (Wildman–Crippen MR) is 109 cm³/mol. The summed E-state index contributed by atoms with van der Waals surface area (Å²) in [5, 5.41) is 2.80. The average Bonchev–Trinajstić information content (AvgIpc) is 2.69. The molecule has 0 radical (unpaired) electrons. The highest BCUT2D eigenvalue weighted by molar-refractivity contribution is 7.89. The molecule has 3 rings (SSSR count). The molecule has 0 spiro atoms. The number of sulfonamides is 1. The average molecular weight is 403 g/mol. The Labute approximate surface area is 166 Å². The molecule has 1 heterocycles. The number of piperidine rings is 1. The van der Waals surface area contributed by atoms with E-state index < -0.39 is 10.0 Å². The summed E-state index contributed by atoms with van der Waals surface area (Å²) in [6.45, 7) is 4.92. The molecule has 1 aliphatic rings. The van der Waals surface area contributed by atoms with Gasteiger partial charge in [0.15, 0.2) is 0 Å². The second kappa shape index (κ2) is 8.75. The highest BCUT2D eigenvalue weighted by Crippen LogP contribution is 2.24. The number of para-hydroxylation sites is 1. The highest BCUT2D eigenvalue weighted by atomic mass is 32.2. The van der Waals surface area contributed by atoms with Crippen molar-refractivity contribution in [3.63, 3.8) is 0 Å². The van der Waals surface area contributed by atoms with Gasteiger partial charge in [0.05, 0.1) is 16.6 Å². The third kappa shape index (κ3) is 4.72. The molecule has 1 N–H and O–H groups in total. The number of rotatable bonds is 6. The smallest absolute Gasteiger partial charge is 0.259 e. The number of amides is 1. The normalized spacial score (nSPS) is 15.4. The van der Waals surface area contributed by atoms with Crippen LogP contribution in [0.5, 0.6) is 5.75 Å². The molecular weight excluding hydrogens is 376 g/mol. The van der Waals surface area contributed by atoms with Crippen molar-refractivity contribution in [2.75, 3.05) is 18.4 Å². The number of anilines is 1. The Hall–Kier alpha value is -2.38. The van der Waals surface area contributed by atoms with Crippen LogP contribution < -0.4 is 10.1 Å². The van der Waals surface area contributed by atoms with Crippen molar-refractivity contribution in [3.8, 4) is 5.75 Å². The summed E-state index contributed by atoms with van der Waals surface area (Å²) >= 11 is 0. The fourth-order valence-corrected chi connectivity index (χ4v) is 4.69. The zero-order valence-electron chi connectivity index (χ0n) is 16.2. The molecule has 0 bridgehead atoms. The maximum atomic E-state index is 12.7. The molecule has 1 saturated heterocycles. The van der Waals surface area contributed by atoms with Gasteiger partial charge in [-0.15, -0.1) is 0 Å². The number of benzene rings is 2. The van der Waals surface area contributed by atoms with E-state index in [2.05, 4.69) is 5.32 Å². The molecule has 28 heavy (non-hydrogen) atoms. The van der Waals surface area contributed by atoms with E-state index in [0.717, 1.165) is 19.3 Å². The van der Waals surface area contributed by atoms with E-state index in [1.807, 2.05) is 19.9 Å². The van der Waals surface area contributed by atoms with Crippen LogP contribution in [-0.2, 0) is 10.0 Å². The van der Waals surface area contributed by atoms with Gasteiger partial charge < -0.3 is 10.1 Å². The van der Waals surface area contributed by atoms with Crippen LogP contribution in [0.4, 0.5) is 5.69 Å². The van der Waals surface area contributed by atoms with Gasteiger partial charge in [-0.25, -0.2) is 8.42 Å². The zero-order chi connectivity index (χ0) is 20.1. The third-order valence-corrected chi connectivity index (χ3v) is 6.47. The fourth-order valence-electron chi connectivity index (χ4n) is 3.17. The Kier molecular flexibility index (Phi) is 6.36. The lowest BCUT2D eigenvalue weighted by Gasteiger charge is -2.25. The Balaban J connectivity index is 1.73. The Bertz CT molecular complexity index is 918. The first-order chi connectivity index (χ1) is 13.4. The molecule has 6 nitrogen and oxygen atoms in total. The first kappa shape index (κ1) is 20.4. The summed E-state index contributed by atoms with van der Waals surface area (Å²) < 4.78 is 32.6. The third-order valence-electron chi connectivity index (χ3n) is 4.56. The fraction of sp³-hybridized carbons (Fsp3) is 0.381. The standard InChI is InChI=1S/C21H26N2O4S/c1-16(2)27-20-9-5-4-8-19(20)21(24)22-17-10-12-18(13-11-17)28(25,26)23-14-6-3-7-15-23/h4-5,8-13,16H,3,6-7,14-15H2,1-2H3,(H,22,24). The first-order valence-electron chi connectivity index (χ1n) is 9.55. The van der Waals surface area contributed by atoms with E-state index in [1.165, 1.54) is 16.4 Å². The first-order valence-corrected chi connectivity index (χ1v) is 11.0. The number of nitrogens with zero attached hydrogens (tertiary/aromatic N) is 1. The van der Waals surface area contributed by atoms with Crippen molar-refractivity contribution in [2.24, 2.45) is 0 Å². The lowest BCUT2D eigenvalue weighted by atomic mass is 10.1. The molecule has 2 aromatic rings. The second-order valence-corrected chi connectivity index (χ2v) is 9.04. The molecule has 0 atom stereocenters. The molecule has 0 unspecified atom stereocenters. The second-order valence-electron chi connectivity index (χ2n) is 7.11. The van der Waals surface area contributed by atoms with Crippen molar-refractivity contribution in [1.29, 1.82) is 0 Å². The highest BCUT2D eigenvalue weighted by Gasteiger charge is 2.25. The number of ether oxygens (including phenoxy) is 1. The van der Waals surface area contributed by atoms with Crippen LogP contribution in [0.2, 0.25) is 0 Å². The minimum Gasteiger partial charge on any atom is -0.490 e. The van der Waals surface area contributed by atoms with Crippen molar-refractivity contribution in [2.45, 2.75) is 44.1 Å². The molecule has 1 aliphatic heterocycles. The van der Waals surface area contributed by atoms with Crippen LogP contribution in [0, 0.1) is 0 Å². The minimum atomic E-state index is -3.48. The van der Waals surface area contributed by atoms with Gasteiger partial charge in [-0.1, -0.05) is 18.6 Å². The van der Waals surface area contributed by atoms with Crippen LogP contribution in [-0.4, -0.2) is 37.8 Å². The van der Waals surface area contributed by atoms with Gasteiger partial charge in [-0.05, 0) is 63.1 Å². The SMILES string of the molecule is CC(C)Oc1ccccc1C(=O)Nc1ccc(S(=O)(=O)N2CCCCC2)cc1. The van der Waals surface area contributed by atoms with Crippen molar-refractivity contribution >= 4 is 21.6 Å². The van der Waals surface area contributed by atoms with Gasteiger partial charge in [-0.2, -0.15) is 4.31 Å². The Morgan fingerprint density at radius 3 is 2.29 bits per heavy atom. The van der Waals surface area contributed by atoms with Gasteiger partial charge in [0.2, 0.25) is 10.0 Å². The van der Waals surface area contributed by atoms with Crippen molar-refractivity contribution in [1.82, 2.24) is 4.31 Å². The molecular formula is C21H26N2O4S. The molecule has 2 aromatic carbocycles. The van der Waals surface area contributed by atoms with Crippen LogP contribution >= 0.6 is 0 Å². The summed E-state index contributed by atoms with van der Waals surface area (Å²) in [7, 11) is -3.48. The van der Waals surface area contributed by atoms with Gasteiger partial charge >= 0.3 is 0 Å². The molecule has 0 aliphatic carbocycles. The van der Waals surface area contributed by atoms with Gasteiger partial charge in [0, 0.05) is 18.8 Å². The van der Waals surface area contributed by atoms with E-state index in [0.29, 0.717) is 30.1 Å². The van der Waals surface area contributed by atoms with E-state index in [9.17, 15) is 13.2 Å². The van der Waals surface area contributed by atoms with Crippen molar-refractivity contribution < 1.29 is 17.9 Å². The van der Waals surface area contributed by atoms with Crippen LogP contribution in [0.3, 0.4) is 0 Å². The molecule has 7 heteroatoms. The summed E-state index contributed by atoms with van der Waals surface area (Å²) in [6, 6.07) is 13.3. The van der Waals surface area contributed by atoms with Gasteiger partial charge in [-0.3, -0.25) is 4.79 Å². The van der Waals surface area contributed by atoms with Crippen LogP contribution in [0.1, 0.15) is 43.5 Å². The quantitative estimate of drug-likeness (QED) is 0.795. The maximum Gasteiger partial charge on any atom is 0.259 e. The zero-order valence-corrected chi connectivity index (χ0v) is 17.0. The van der Waals surface area contributed by atoms with Crippen LogP contribution in [0.15, 0.2) is 53.4 Å². The topological polar surface area (TPSA) is 75.7 Å². The summed E-state index contributed by atoms with van der Waals surface area (Å²) in [5.41, 5.74) is 0.961. The summed E-state index contributed by atoms with van der Waals surface area (Å²) in [5.74, 6) is 0.210. The van der Waals surface area contributed by atoms with E-state index in [1.54, 1.807) is 30.3 Å². The number of carbonyl (C=O) groups excluding carboxylic acids is 1. The minimum absolute atomic E-state index is 0.0479. The molecule has 150 valence electrons. The number of hydrogen-bond acceptors (Lipinski definition) is 4. The molecule has 1 fully saturated rings. The molecule has 0 aromatic heterocycles. The monoisotopic (exact) mass is 402 g/mol. The largest absolute Gasteiger partial charge is 0.490 e. The van der Waals surface area contributed by atoms with Gasteiger partial charge in [0.25, 0.3) is 5.91 Å². The lowest BCUT2D eigenvalue weighted by molar-refractivity contribution is 0.102. The summed E-state index contributed by atoms with van der Waals surface area (Å²) in [6.07, 6.45) is 2.81. The maximum absolute atomic E-state index is 12.7. The lowest BCUT2D eigenvalue weighted by Crippen LogP contribution is -2.35. The Morgan fingerprint density at radius 2 is 1.64 bits per heavy atom. The van der Waals surface area contributed by atoms with Crippen molar-refractivity contribution in [3.05, 3.63) is 54.1 Å². The number of hydrogen-bond donors (Lipinski definition) is 1. The number of nitrogens with one attached hydrogen (secondary N) is 1.